The Labute approximate surface area is 166 Å². The normalized spacial score (nSPS) is 19.0. The highest BCUT2D eigenvalue weighted by Crippen LogP contribution is 2.41. The summed E-state index contributed by atoms with van der Waals surface area (Å²) in [4.78, 5) is 13.5. The van der Waals surface area contributed by atoms with Crippen LogP contribution in [-0.4, -0.2) is 28.6 Å². The second-order valence-corrected chi connectivity index (χ2v) is 7.64. The zero-order valence-corrected chi connectivity index (χ0v) is 16.3. The summed E-state index contributed by atoms with van der Waals surface area (Å²) in [6, 6.07) is 8.22. The van der Waals surface area contributed by atoms with Gasteiger partial charge in [0, 0.05) is 6.54 Å². The third-order valence-corrected chi connectivity index (χ3v) is 5.57. The quantitative estimate of drug-likeness (QED) is 0.710. The minimum Gasteiger partial charge on any atom is -0.480 e. The van der Waals surface area contributed by atoms with Crippen LogP contribution in [0.25, 0.3) is 0 Å². The smallest absolute Gasteiger partial charge is 0.417 e. The van der Waals surface area contributed by atoms with Crippen molar-refractivity contribution in [3.8, 4) is 0 Å². The second kappa shape index (κ2) is 7.76. The van der Waals surface area contributed by atoms with Crippen molar-refractivity contribution < 1.29 is 23.1 Å². The van der Waals surface area contributed by atoms with Gasteiger partial charge in [-0.25, -0.2) is 0 Å². The molecular formula is C21H21ClF3NO2. The number of hydrogen-bond donors (Lipinski definition) is 1. The van der Waals surface area contributed by atoms with Gasteiger partial charge in [0.2, 0.25) is 0 Å². The van der Waals surface area contributed by atoms with E-state index in [0.29, 0.717) is 24.9 Å². The molecule has 1 saturated heterocycles. The van der Waals surface area contributed by atoms with E-state index >= 15 is 0 Å². The number of alkyl halides is 3. The van der Waals surface area contributed by atoms with Gasteiger partial charge in [-0.15, -0.1) is 0 Å². The van der Waals surface area contributed by atoms with Crippen molar-refractivity contribution in [3.05, 3.63) is 69.2 Å². The average molecular weight is 412 g/mol. The monoisotopic (exact) mass is 411 g/mol. The third-order valence-electron chi connectivity index (χ3n) is 5.24. The zero-order chi connectivity index (χ0) is 20.6. The summed E-state index contributed by atoms with van der Waals surface area (Å²) >= 11 is 5.79. The summed E-state index contributed by atoms with van der Waals surface area (Å²) in [6.07, 6.45) is -3.44. The maximum Gasteiger partial charge on any atom is 0.417 e. The molecule has 28 heavy (non-hydrogen) atoms. The summed E-state index contributed by atoms with van der Waals surface area (Å²) in [5.41, 5.74) is 2.21. The molecule has 1 N–H and O–H groups in total. The molecule has 7 heteroatoms. The summed E-state index contributed by atoms with van der Waals surface area (Å²) in [6.45, 7) is 4.33. The van der Waals surface area contributed by atoms with E-state index in [1.54, 1.807) is 11.0 Å². The van der Waals surface area contributed by atoms with Gasteiger partial charge in [-0.05, 0) is 55.5 Å². The van der Waals surface area contributed by atoms with Crippen molar-refractivity contribution in [2.75, 3.05) is 6.54 Å². The van der Waals surface area contributed by atoms with E-state index in [-0.39, 0.29) is 5.02 Å². The Morgan fingerprint density at radius 1 is 1.21 bits per heavy atom. The van der Waals surface area contributed by atoms with Crippen LogP contribution in [0.5, 0.6) is 0 Å². The Balaban J connectivity index is 2.18. The summed E-state index contributed by atoms with van der Waals surface area (Å²) in [5.74, 6) is -0.961. The van der Waals surface area contributed by atoms with E-state index in [4.69, 9.17) is 11.6 Å². The minimum absolute atomic E-state index is 0.369. The van der Waals surface area contributed by atoms with E-state index in [1.807, 2.05) is 32.0 Å². The zero-order valence-electron chi connectivity index (χ0n) is 15.6. The molecule has 0 radical (unpaired) electrons. The lowest BCUT2D eigenvalue weighted by Gasteiger charge is -2.33. The highest BCUT2D eigenvalue weighted by molar-refractivity contribution is 6.31. The van der Waals surface area contributed by atoms with Crippen molar-refractivity contribution in [2.45, 2.75) is 44.9 Å². The predicted molar refractivity (Wildman–Crippen MR) is 102 cm³/mol. The number of likely N-dealkylation sites (tertiary alicyclic amines) is 1. The van der Waals surface area contributed by atoms with E-state index in [1.165, 1.54) is 6.07 Å². The standard InChI is InChI=1S/C21H21ClF3NO2/c1-12-5-7-15(13(2)10-12)19(26-9-3-4-18(26)20(27)28)14-6-8-17(22)16(11-14)21(23,24)25/h5-8,10-11,18-19H,3-4,9H2,1-2H3,(H,27,28). The number of halogens is 4. The summed E-state index contributed by atoms with van der Waals surface area (Å²) in [7, 11) is 0. The van der Waals surface area contributed by atoms with Crippen molar-refractivity contribution in [1.82, 2.24) is 4.90 Å². The largest absolute Gasteiger partial charge is 0.480 e. The minimum atomic E-state index is -4.59. The summed E-state index contributed by atoms with van der Waals surface area (Å²) < 4.78 is 40.3. The number of rotatable bonds is 4. The number of carboxylic acid groups (broad SMARTS) is 1. The van der Waals surface area contributed by atoms with Gasteiger partial charge in [0.25, 0.3) is 0 Å². The Kier molecular flexibility index (Phi) is 5.73. The molecule has 3 nitrogen and oxygen atoms in total. The van der Waals surface area contributed by atoms with Crippen LogP contribution < -0.4 is 0 Å². The molecule has 1 heterocycles. The van der Waals surface area contributed by atoms with Gasteiger partial charge in [-0.1, -0.05) is 41.4 Å². The van der Waals surface area contributed by atoms with Gasteiger partial charge in [-0.3, -0.25) is 9.69 Å². The van der Waals surface area contributed by atoms with Gasteiger partial charge in [0.1, 0.15) is 6.04 Å². The van der Waals surface area contributed by atoms with Crippen molar-refractivity contribution in [3.63, 3.8) is 0 Å². The molecule has 0 aliphatic carbocycles. The highest BCUT2D eigenvalue weighted by Gasteiger charge is 2.39. The van der Waals surface area contributed by atoms with Crippen LogP contribution >= 0.6 is 11.6 Å². The fourth-order valence-corrected chi connectivity index (χ4v) is 4.20. The van der Waals surface area contributed by atoms with E-state index in [0.717, 1.165) is 22.8 Å². The van der Waals surface area contributed by atoms with Gasteiger partial charge in [0.15, 0.2) is 0 Å². The molecular weight excluding hydrogens is 391 g/mol. The molecule has 2 aromatic carbocycles. The van der Waals surface area contributed by atoms with E-state index in [9.17, 15) is 23.1 Å². The van der Waals surface area contributed by atoms with Gasteiger partial charge >= 0.3 is 12.1 Å². The number of carbonyl (C=O) groups is 1. The molecule has 3 rings (SSSR count). The van der Waals surface area contributed by atoms with Crippen molar-refractivity contribution >= 4 is 17.6 Å². The molecule has 1 aliphatic rings. The Bertz CT molecular complexity index is 898. The lowest BCUT2D eigenvalue weighted by Crippen LogP contribution is -2.39. The Hall–Kier alpha value is -2.05. The highest BCUT2D eigenvalue weighted by atomic mass is 35.5. The lowest BCUT2D eigenvalue weighted by molar-refractivity contribution is -0.143. The van der Waals surface area contributed by atoms with Crippen LogP contribution in [-0.2, 0) is 11.0 Å². The van der Waals surface area contributed by atoms with Crippen molar-refractivity contribution in [1.29, 1.82) is 0 Å². The molecule has 0 aromatic heterocycles. The Morgan fingerprint density at radius 2 is 1.93 bits per heavy atom. The molecule has 0 spiro atoms. The van der Waals surface area contributed by atoms with Crippen molar-refractivity contribution in [2.24, 2.45) is 0 Å². The second-order valence-electron chi connectivity index (χ2n) is 7.23. The number of nitrogens with zero attached hydrogens (tertiary/aromatic N) is 1. The van der Waals surface area contributed by atoms with Crippen LogP contribution in [0.3, 0.4) is 0 Å². The molecule has 0 amide bonds. The third kappa shape index (κ3) is 4.03. The number of aryl methyl sites for hydroxylation is 2. The number of carboxylic acids is 1. The first-order valence-corrected chi connectivity index (χ1v) is 9.39. The molecule has 1 fully saturated rings. The maximum absolute atomic E-state index is 13.4. The first kappa shape index (κ1) is 20.7. The number of aliphatic carboxylic acids is 1. The Morgan fingerprint density at radius 3 is 2.54 bits per heavy atom. The fourth-order valence-electron chi connectivity index (χ4n) is 3.98. The van der Waals surface area contributed by atoms with Crippen LogP contribution in [0.4, 0.5) is 13.2 Å². The summed E-state index contributed by atoms with van der Waals surface area (Å²) in [5, 5.41) is 9.26. The SMILES string of the molecule is Cc1ccc(C(c2ccc(Cl)c(C(F)(F)F)c2)N2CCCC2C(=O)O)c(C)c1. The first-order valence-electron chi connectivity index (χ1n) is 9.02. The first-order chi connectivity index (χ1) is 13.1. The number of hydrogen-bond acceptors (Lipinski definition) is 2. The van der Waals surface area contributed by atoms with Crippen LogP contribution in [0.15, 0.2) is 36.4 Å². The molecule has 2 atom stereocenters. The van der Waals surface area contributed by atoms with Gasteiger partial charge in [-0.2, -0.15) is 13.2 Å². The van der Waals surface area contributed by atoms with Crippen LogP contribution in [0, 0.1) is 13.8 Å². The van der Waals surface area contributed by atoms with E-state index in [2.05, 4.69) is 0 Å². The van der Waals surface area contributed by atoms with Crippen LogP contribution in [0.2, 0.25) is 5.02 Å². The fraction of sp³-hybridized carbons (Fsp3) is 0.381. The van der Waals surface area contributed by atoms with Gasteiger partial charge < -0.3 is 5.11 Å². The molecule has 150 valence electrons. The molecule has 1 aliphatic heterocycles. The molecule has 0 saturated carbocycles. The predicted octanol–water partition coefficient (Wildman–Crippen LogP) is 5.61. The maximum atomic E-state index is 13.4. The van der Waals surface area contributed by atoms with Crippen LogP contribution in [0.1, 0.15) is 46.7 Å². The lowest BCUT2D eigenvalue weighted by atomic mass is 9.91. The molecule has 0 bridgehead atoms. The van der Waals surface area contributed by atoms with E-state index < -0.39 is 29.8 Å². The molecule has 2 aromatic rings. The topological polar surface area (TPSA) is 40.5 Å². The average Bonchev–Trinajstić information content (AvgIpc) is 3.07. The number of benzene rings is 2. The van der Waals surface area contributed by atoms with Gasteiger partial charge in [0.05, 0.1) is 16.6 Å². The molecule has 2 unspecified atom stereocenters.